The minimum Gasteiger partial charge on any atom is -0.331 e. The summed E-state index contributed by atoms with van der Waals surface area (Å²) < 4.78 is 0.935. The zero-order valence-electron chi connectivity index (χ0n) is 8.63. The maximum atomic E-state index is 10.8. The molecule has 0 aliphatic carbocycles. The Morgan fingerprint density at radius 3 is 2.25 bits per heavy atom. The molecule has 3 nitrogen and oxygen atoms in total. The first kappa shape index (κ1) is 11.6. The van der Waals surface area contributed by atoms with E-state index >= 15 is 0 Å². The molecule has 0 amide bonds. The lowest BCUT2D eigenvalue weighted by atomic mass is 10.1. The van der Waals surface area contributed by atoms with Crippen LogP contribution in [-0.2, 0) is 4.79 Å². The molecule has 0 fully saturated rings. The van der Waals surface area contributed by atoms with E-state index in [2.05, 4.69) is 21.1 Å². The number of rotatable bonds is 5. The van der Waals surface area contributed by atoms with Gasteiger partial charge in [0.2, 0.25) is 0 Å². The van der Waals surface area contributed by atoms with Gasteiger partial charge in [0.15, 0.2) is 0 Å². The third-order valence-corrected chi connectivity index (χ3v) is 1.87. The van der Waals surface area contributed by atoms with Gasteiger partial charge in [-0.15, -0.1) is 0 Å². The van der Waals surface area contributed by atoms with Crippen LogP contribution in [0, 0.1) is 0 Å². The standard InChI is InChI=1S/C9H21N2O/c1-8(12)9(10)6-5-7-11(2,3)4/h9H,5-7,10H2,1-4H3/q+1. The normalized spacial score (nSPS) is 14.4. The van der Waals surface area contributed by atoms with E-state index in [1.807, 2.05) is 0 Å². The Morgan fingerprint density at radius 2 is 1.92 bits per heavy atom. The molecular weight excluding hydrogens is 152 g/mol. The van der Waals surface area contributed by atoms with Gasteiger partial charge >= 0.3 is 0 Å². The van der Waals surface area contributed by atoms with Crippen molar-refractivity contribution in [3.05, 3.63) is 0 Å². The summed E-state index contributed by atoms with van der Waals surface area (Å²) in [4.78, 5) is 10.8. The average molecular weight is 173 g/mol. The van der Waals surface area contributed by atoms with Crippen molar-refractivity contribution in [3.63, 3.8) is 0 Å². The van der Waals surface area contributed by atoms with Gasteiger partial charge < -0.3 is 10.2 Å². The number of ketones is 1. The van der Waals surface area contributed by atoms with Gasteiger partial charge in [-0.1, -0.05) is 0 Å². The predicted octanol–water partition coefficient (Wildman–Crippen LogP) is 0.389. The quantitative estimate of drug-likeness (QED) is 0.611. The highest BCUT2D eigenvalue weighted by atomic mass is 16.1. The summed E-state index contributed by atoms with van der Waals surface area (Å²) >= 11 is 0. The zero-order chi connectivity index (χ0) is 9.78. The Bertz CT molecular complexity index is 149. The molecule has 0 aliphatic rings. The van der Waals surface area contributed by atoms with Crippen LogP contribution in [0.1, 0.15) is 19.8 Å². The van der Waals surface area contributed by atoms with E-state index < -0.39 is 0 Å². The predicted molar refractivity (Wildman–Crippen MR) is 50.8 cm³/mol. The molecule has 0 aromatic heterocycles. The minimum atomic E-state index is -0.253. The van der Waals surface area contributed by atoms with Crippen molar-refractivity contribution in [2.75, 3.05) is 27.7 Å². The summed E-state index contributed by atoms with van der Waals surface area (Å²) in [6.45, 7) is 2.62. The third-order valence-electron chi connectivity index (χ3n) is 1.87. The van der Waals surface area contributed by atoms with Crippen LogP contribution in [0.5, 0.6) is 0 Å². The van der Waals surface area contributed by atoms with Crippen LogP contribution in [0.25, 0.3) is 0 Å². The molecule has 0 aromatic rings. The van der Waals surface area contributed by atoms with E-state index in [1.165, 1.54) is 0 Å². The first-order chi connectivity index (χ1) is 5.33. The van der Waals surface area contributed by atoms with Crippen LogP contribution < -0.4 is 5.73 Å². The lowest BCUT2D eigenvalue weighted by Gasteiger charge is -2.24. The summed E-state index contributed by atoms with van der Waals surface area (Å²) in [5.41, 5.74) is 5.59. The number of nitrogens with two attached hydrogens (primary N) is 1. The fourth-order valence-corrected chi connectivity index (χ4v) is 0.989. The number of hydrogen-bond acceptors (Lipinski definition) is 2. The van der Waals surface area contributed by atoms with Crippen LogP contribution in [-0.4, -0.2) is 44.0 Å². The second-order valence-corrected chi connectivity index (χ2v) is 4.37. The minimum absolute atomic E-state index is 0.0939. The topological polar surface area (TPSA) is 43.1 Å². The Labute approximate surface area is 75.1 Å². The van der Waals surface area contributed by atoms with Crippen molar-refractivity contribution in [2.24, 2.45) is 5.73 Å². The molecule has 0 spiro atoms. The van der Waals surface area contributed by atoms with Crippen molar-refractivity contribution >= 4 is 5.78 Å². The van der Waals surface area contributed by atoms with Crippen LogP contribution in [0.2, 0.25) is 0 Å². The van der Waals surface area contributed by atoms with Crippen molar-refractivity contribution in [3.8, 4) is 0 Å². The number of nitrogens with zero attached hydrogens (tertiary/aromatic N) is 1. The first-order valence-corrected chi connectivity index (χ1v) is 4.39. The molecule has 0 rings (SSSR count). The number of carbonyl (C=O) groups is 1. The number of Topliss-reactive ketones (excluding diaryl/α,β-unsaturated/α-hetero) is 1. The second kappa shape index (κ2) is 4.58. The SMILES string of the molecule is CC(=O)C(N)CCC[N+](C)(C)C. The third kappa shape index (κ3) is 6.31. The van der Waals surface area contributed by atoms with E-state index in [4.69, 9.17) is 5.73 Å². The Kier molecular flexibility index (Phi) is 4.42. The smallest absolute Gasteiger partial charge is 0.146 e. The Balaban J connectivity index is 3.51. The molecule has 3 heteroatoms. The lowest BCUT2D eigenvalue weighted by molar-refractivity contribution is -0.870. The van der Waals surface area contributed by atoms with E-state index in [9.17, 15) is 4.79 Å². The van der Waals surface area contributed by atoms with Gasteiger partial charge in [0.25, 0.3) is 0 Å². The van der Waals surface area contributed by atoms with Crippen molar-refractivity contribution in [2.45, 2.75) is 25.8 Å². The van der Waals surface area contributed by atoms with Gasteiger partial charge in [0.1, 0.15) is 5.78 Å². The number of quaternary nitrogens is 1. The summed E-state index contributed by atoms with van der Waals surface area (Å²) in [6.07, 6.45) is 1.83. The monoisotopic (exact) mass is 173 g/mol. The van der Waals surface area contributed by atoms with Gasteiger partial charge in [-0.3, -0.25) is 4.79 Å². The zero-order valence-corrected chi connectivity index (χ0v) is 8.63. The molecule has 1 atom stereocenters. The highest BCUT2D eigenvalue weighted by Gasteiger charge is 2.11. The largest absolute Gasteiger partial charge is 0.331 e. The summed E-state index contributed by atoms with van der Waals surface area (Å²) in [5.74, 6) is 0.0939. The van der Waals surface area contributed by atoms with Crippen LogP contribution in [0.3, 0.4) is 0 Å². The van der Waals surface area contributed by atoms with Crippen LogP contribution in [0.15, 0.2) is 0 Å². The summed E-state index contributed by atoms with van der Waals surface area (Å²) in [6, 6.07) is -0.253. The van der Waals surface area contributed by atoms with Crippen molar-refractivity contribution in [1.29, 1.82) is 0 Å². The molecule has 0 heterocycles. The Morgan fingerprint density at radius 1 is 1.42 bits per heavy atom. The molecule has 2 N–H and O–H groups in total. The first-order valence-electron chi connectivity index (χ1n) is 4.39. The van der Waals surface area contributed by atoms with E-state index in [-0.39, 0.29) is 11.8 Å². The average Bonchev–Trinajstić information content (AvgIpc) is 1.84. The maximum absolute atomic E-state index is 10.8. The second-order valence-electron chi connectivity index (χ2n) is 4.37. The molecule has 0 radical (unpaired) electrons. The molecule has 0 saturated heterocycles. The van der Waals surface area contributed by atoms with Crippen LogP contribution >= 0.6 is 0 Å². The van der Waals surface area contributed by atoms with E-state index in [0.717, 1.165) is 23.9 Å². The Hall–Kier alpha value is -0.410. The van der Waals surface area contributed by atoms with Crippen molar-refractivity contribution < 1.29 is 9.28 Å². The van der Waals surface area contributed by atoms with E-state index in [1.54, 1.807) is 6.92 Å². The van der Waals surface area contributed by atoms with Crippen molar-refractivity contribution in [1.82, 2.24) is 0 Å². The van der Waals surface area contributed by atoms with Gasteiger partial charge in [-0.05, 0) is 19.8 Å². The highest BCUT2D eigenvalue weighted by Crippen LogP contribution is 2.00. The molecule has 0 aliphatic heterocycles. The van der Waals surface area contributed by atoms with E-state index in [0.29, 0.717) is 0 Å². The number of carbonyl (C=O) groups excluding carboxylic acids is 1. The molecule has 0 bridgehead atoms. The molecule has 0 saturated carbocycles. The fourth-order valence-electron chi connectivity index (χ4n) is 0.989. The maximum Gasteiger partial charge on any atom is 0.146 e. The molecule has 1 unspecified atom stereocenters. The van der Waals surface area contributed by atoms with Gasteiger partial charge in [-0.25, -0.2) is 0 Å². The summed E-state index contributed by atoms with van der Waals surface area (Å²) in [7, 11) is 6.41. The molecular formula is C9H21N2O+. The molecule has 12 heavy (non-hydrogen) atoms. The van der Waals surface area contributed by atoms with Gasteiger partial charge in [-0.2, -0.15) is 0 Å². The summed E-state index contributed by atoms with van der Waals surface area (Å²) in [5, 5.41) is 0. The lowest BCUT2D eigenvalue weighted by Crippen LogP contribution is -2.37. The molecule has 72 valence electrons. The number of hydrogen-bond donors (Lipinski definition) is 1. The van der Waals surface area contributed by atoms with Crippen LogP contribution in [0.4, 0.5) is 0 Å². The van der Waals surface area contributed by atoms with Gasteiger partial charge in [0.05, 0.1) is 33.7 Å². The molecule has 0 aromatic carbocycles. The fraction of sp³-hybridized carbons (Fsp3) is 0.889. The highest BCUT2D eigenvalue weighted by molar-refractivity contribution is 5.80. The van der Waals surface area contributed by atoms with Gasteiger partial charge in [0, 0.05) is 0 Å².